The van der Waals surface area contributed by atoms with Gasteiger partial charge in [0.1, 0.15) is 6.29 Å². The highest BCUT2D eigenvalue weighted by atomic mass is 16.2. The van der Waals surface area contributed by atoms with Crippen LogP contribution in [-0.4, -0.2) is 43.8 Å². The largest absolute Gasteiger partial charge is 0.345 e. The minimum atomic E-state index is -0.345. The smallest absolute Gasteiger partial charge is 0.234 e. The molecule has 0 aliphatic rings. The Kier molecular flexibility index (Phi) is 6.12. The molecule has 0 rings (SSSR count). The Morgan fingerprint density at radius 1 is 1.43 bits per heavy atom. The lowest BCUT2D eigenvalue weighted by Gasteiger charge is -2.16. The van der Waals surface area contributed by atoms with Crippen molar-refractivity contribution in [1.29, 1.82) is 0 Å². The maximum atomic E-state index is 11.3. The second-order valence-electron chi connectivity index (χ2n) is 4.18. The number of likely N-dealkylation sites (N-methyl/N-ethyl adjacent to an activating group) is 1. The number of nitrogens with one attached hydrogen (secondary N) is 1. The van der Waals surface area contributed by atoms with E-state index in [9.17, 15) is 9.59 Å². The van der Waals surface area contributed by atoms with Gasteiger partial charge in [0.2, 0.25) is 5.91 Å². The first-order valence-electron chi connectivity index (χ1n) is 4.85. The quantitative estimate of drug-likeness (QED) is 0.626. The molecule has 0 saturated heterocycles. The Labute approximate surface area is 85.7 Å². The third kappa shape index (κ3) is 6.60. The summed E-state index contributed by atoms with van der Waals surface area (Å²) in [5, 5.41) is 2.68. The molecule has 0 aromatic carbocycles. The molecular weight excluding hydrogens is 180 g/mol. The zero-order valence-corrected chi connectivity index (χ0v) is 9.41. The molecule has 0 radical (unpaired) electrons. The topological polar surface area (TPSA) is 49.4 Å². The number of carbonyl (C=O) groups excluding carboxylic acids is 2. The van der Waals surface area contributed by atoms with E-state index in [4.69, 9.17) is 0 Å². The molecule has 0 aromatic heterocycles. The number of amides is 1. The zero-order chi connectivity index (χ0) is 11.1. The maximum absolute atomic E-state index is 11.3. The SMILES string of the molecule is CC(C)C[C@@H](C=O)NC(=O)CN(C)C. The van der Waals surface area contributed by atoms with Crippen LogP contribution in [0.1, 0.15) is 20.3 Å². The average Bonchev–Trinajstić information content (AvgIpc) is 2.00. The predicted molar refractivity (Wildman–Crippen MR) is 56.0 cm³/mol. The fraction of sp³-hybridized carbons (Fsp3) is 0.800. The van der Waals surface area contributed by atoms with Gasteiger partial charge in [-0.25, -0.2) is 0 Å². The highest BCUT2D eigenvalue weighted by molar-refractivity contribution is 5.81. The molecule has 0 bridgehead atoms. The summed E-state index contributed by atoms with van der Waals surface area (Å²) in [5.74, 6) is 0.303. The van der Waals surface area contributed by atoms with Crippen LogP contribution in [0.2, 0.25) is 0 Å². The Morgan fingerprint density at radius 3 is 2.36 bits per heavy atom. The molecule has 0 saturated carbocycles. The second kappa shape index (κ2) is 6.54. The Morgan fingerprint density at radius 2 is 2.00 bits per heavy atom. The minimum absolute atomic E-state index is 0.104. The van der Waals surface area contributed by atoms with Crippen molar-refractivity contribution in [3.8, 4) is 0 Å². The van der Waals surface area contributed by atoms with Gasteiger partial charge in [-0.2, -0.15) is 0 Å². The molecule has 14 heavy (non-hydrogen) atoms. The standard InChI is InChI=1S/C10H20N2O2/c1-8(2)5-9(7-13)11-10(14)6-12(3)4/h7-9H,5-6H2,1-4H3,(H,11,14)/t9-/m0/s1. The molecule has 0 spiro atoms. The van der Waals surface area contributed by atoms with E-state index in [0.29, 0.717) is 18.9 Å². The Hall–Kier alpha value is -0.900. The lowest BCUT2D eigenvalue weighted by atomic mass is 10.1. The van der Waals surface area contributed by atoms with Gasteiger partial charge in [-0.05, 0) is 26.4 Å². The van der Waals surface area contributed by atoms with Crippen LogP contribution >= 0.6 is 0 Å². The van der Waals surface area contributed by atoms with Crippen LogP contribution in [0.4, 0.5) is 0 Å². The van der Waals surface area contributed by atoms with Gasteiger partial charge in [0.15, 0.2) is 0 Å². The Balaban J connectivity index is 3.92. The van der Waals surface area contributed by atoms with Gasteiger partial charge in [-0.3, -0.25) is 4.79 Å². The average molecular weight is 200 g/mol. The molecule has 4 nitrogen and oxygen atoms in total. The lowest BCUT2D eigenvalue weighted by molar-refractivity contribution is -0.124. The van der Waals surface area contributed by atoms with E-state index < -0.39 is 0 Å². The van der Waals surface area contributed by atoms with Crippen molar-refractivity contribution in [2.45, 2.75) is 26.3 Å². The molecule has 0 aromatic rings. The molecule has 0 aliphatic heterocycles. The van der Waals surface area contributed by atoms with Crippen molar-refractivity contribution in [3.05, 3.63) is 0 Å². The van der Waals surface area contributed by atoms with E-state index in [0.717, 1.165) is 6.29 Å². The molecular formula is C10H20N2O2. The summed E-state index contributed by atoms with van der Waals surface area (Å²) in [6.45, 7) is 4.37. The first kappa shape index (κ1) is 13.1. The van der Waals surface area contributed by atoms with Crippen LogP contribution in [-0.2, 0) is 9.59 Å². The first-order chi connectivity index (χ1) is 6.45. The van der Waals surface area contributed by atoms with Gasteiger partial charge in [0.25, 0.3) is 0 Å². The molecule has 1 amide bonds. The molecule has 4 heteroatoms. The van der Waals surface area contributed by atoms with Crippen molar-refractivity contribution in [2.24, 2.45) is 5.92 Å². The summed E-state index contributed by atoms with van der Waals surface area (Å²) in [6.07, 6.45) is 1.50. The summed E-state index contributed by atoms with van der Waals surface area (Å²) in [4.78, 5) is 23.7. The van der Waals surface area contributed by atoms with Crippen molar-refractivity contribution >= 4 is 12.2 Å². The lowest BCUT2D eigenvalue weighted by Crippen LogP contribution is -2.41. The van der Waals surface area contributed by atoms with Crippen LogP contribution in [0, 0.1) is 5.92 Å². The van der Waals surface area contributed by atoms with Gasteiger partial charge in [0, 0.05) is 0 Å². The number of nitrogens with zero attached hydrogens (tertiary/aromatic N) is 1. The number of rotatable bonds is 6. The summed E-state index contributed by atoms with van der Waals surface area (Å²) in [7, 11) is 3.63. The fourth-order valence-corrected chi connectivity index (χ4v) is 1.20. The third-order valence-electron chi connectivity index (χ3n) is 1.70. The van der Waals surface area contributed by atoms with Crippen LogP contribution in [0.15, 0.2) is 0 Å². The van der Waals surface area contributed by atoms with Crippen molar-refractivity contribution < 1.29 is 9.59 Å². The first-order valence-corrected chi connectivity index (χ1v) is 4.85. The highest BCUT2D eigenvalue weighted by Gasteiger charge is 2.12. The number of hydrogen-bond acceptors (Lipinski definition) is 3. The molecule has 0 unspecified atom stereocenters. The van der Waals surface area contributed by atoms with Crippen LogP contribution in [0.5, 0.6) is 0 Å². The van der Waals surface area contributed by atoms with E-state index in [1.54, 1.807) is 4.90 Å². The number of aldehydes is 1. The molecule has 1 N–H and O–H groups in total. The van der Waals surface area contributed by atoms with Crippen molar-refractivity contribution in [1.82, 2.24) is 10.2 Å². The highest BCUT2D eigenvalue weighted by Crippen LogP contribution is 2.02. The van der Waals surface area contributed by atoms with E-state index in [2.05, 4.69) is 5.32 Å². The summed E-state index contributed by atoms with van der Waals surface area (Å²) in [6, 6.07) is -0.345. The van der Waals surface area contributed by atoms with Crippen LogP contribution < -0.4 is 5.32 Å². The van der Waals surface area contributed by atoms with Gasteiger partial charge in [0.05, 0.1) is 12.6 Å². The number of carbonyl (C=O) groups is 2. The van der Waals surface area contributed by atoms with E-state index in [-0.39, 0.29) is 11.9 Å². The monoisotopic (exact) mass is 200 g/mol. The van der Waals surface area contributed by atoms with Gasteiger partial charge in [-0.1, -0.05) is 13.8 Å². The maximum Gasteiger partial charge on any atom is 0.234 e. The second-order valence-corrected chi connectivity index (χ2v) is 4.18. The fourth-order valence-electron chi connectivity index (χ4n) is 1.20. The molecule has 82 valence electrons. The molecule has 0 fully saturated rings. The van der Waals surface area contributed by atoms with E-state index in [1.165, 1.54) is 0 Å². The van der Waals surface area contributed by atoms with Crippen LogP contribution in [0.25, 0.3) is 0 Å². The van der Waals surface area contributed by atoms with Crippen molar-refractivity contribution in [2.75, 3.05) is 20.6 Å². The van der Waals surface area contributed by atoms with Crippen molar-refractivity contribution in [3.63, 3.8) is 0 Å². The molecule has 0 aliphatic carbocycles. The summed E-state index contributed by atoms with van der Waals surface area (Å²) >= 11 is 0. The summed E-state index contributed by atoms with van der Waals surface area (Å²) < 4.78 is 0. The summed E-state index contributed by atoms with van der Waals surface area (Å²) in [5.41, 5.74) is 0. The molecule has 1 atom stereocenters. The third-order valence-corrected chi connectivity index (χ3v) is 1.70. The predicted octanol–water partition coefficient (Wildman–Crippen LogP) is 0.278. The minimum Gasteiger partial charge on any atom is -0.345 e. The van der Waals surface area contributed by atoms with Gasteiger partial charge >= 0.3 is 0 Å². The van der Waals surface area contributed by atoms with Crippen LogP contribution in [0.3, 0.4) is 0 Å². The van der Waals surface area contributed by atoms with Gasteiger partial charge in [-0.15, -0.1) is 0 Å². The molecule has 0 heterocycles. The van der Waals surface area contributed by atoms with E-state index >= 15 is 0 Å². The zero-order valence-electron chi connectivity index (χ0n) is 9.41. The van der Waals surface area contributed by atoms with E-state index in [1.807, 2.05) is 27.9 Å². The Bertz CT molecular complexity index is 191. The normalized spacial score (nSPS) is 13.0. The number of hydrogen-bond donors (Lipinski definition) is 1. The van der Waals surface area contributed by atoms with Gasteiger partial charge < -0.3 is 15.0 Å².